The maximum atomic E-state index is 12.2. The summed E-state index contributed by atoms with van der Waals surface area (Å²) < 4.78 is 6.95. The SMILES string of the molecule is O=C(/C=C/c1ccccc1)Nc1ccc2nc(SCC(=O)NCc3ccco3)sc2c1. The van der Waals surface area contributed by atoms with E-state index in [1.165, 1.54) is 29.2 Å². The highest BCUT2D eigenvalue weighted by Gasteiger charge is 2.09. The molecule has 0 aliphatic rings. The number of hydrogen-bond acceptors (Lipinski definition) is 6. The van der Waals surface area contributed by atoms with E-state index < -0.39 is 0 Å². The van der Waals surface area contributed by atoms with Crippen LogP contribution in [0.1, 0.15) is 11.3 Å². The largest absolute Gasteiger partial charge is 0.467 e. The molecule has 2 amide bonds. The van der Waals surface area contributed by atoms with E-state index in [2.05, 4.69) is 15.6 Å². The molecule has 156 valence electrons. The Morgan fingerprint density at radius 3 is 2.77 bits per heavy atom. The Labute approximate surface area is 187 Å². The molecule has 0 bridgehead atoms. The highest BCUT2D eigenvalue weighted by atomic mass is 32.2. The summed E-state index contributed by atoms with van der Waals surface area (Å²) >= 11 is 2.87. The third-order valence-electron chi connectivity index (χ3n) is 4.23. The second-order valence-electron chi connectivity index (χ2n) is 6.54. The maximum absolute atomic E-state index is 12.2. The molecule has 0 unspecified atom stereocenters. The number of benzene rings is 2. The summed E-state index contributed by atoms with van der Waals surface area (Å²) in [6, 6.07) is 18.8. The molecular weight excluding hydrogens is 430 g/mol. The van der Waals surface area contributed by atoms with E-state index in [1.54, 1.807) is 18.4 Å². The monoisotopic (exact) mass is 449 g/mol. The summed E-state index contributed by atoms with van der Waals surface area (Å²) in [6.45, 7) is 0.369. The molecule has 8 heteroatoms. The number of nitrogens with zero attached hydrogens (tertiary/aromatic N) is 1. The van der Waals surface area contributed by atoms with E-state index in [9.17, 15) is 9.59 Å². The van der Waals surface area contributed by atoms with Crippen molar-refractivity contribution in [3.05, 3.63) is 84.3 Å². The van der Waals surface area contributed by atoms with Gasteiger partial charge in [0.2, 0.25) is 11.8 Å². The Kier molecular flexibility index (Phi) is 6.81. The summed E-state index contributed by atoms with van der Waals surface area (Å²) in [7, 11) is 0. The molecule has 0 saturated carbocycles. The lowest BCUT2D eigenvalue weighted by atomic mass is 10.2. The van der Waals surface area contributed by atoms with Crippen molar-refractivity contribution in [3.63, 3.8) is 0 Å². The van der Waals surface area contributed by atoms with E-state index in [0.717, 1.165) is 20.1 Å². The lowest BCUT2D eigenvalue weighted by Gasteiger charge is -2.01. The molecule has 0 atom stereocenters. The maximum Gasteiger partial charge on any atom is 0.248 e. The number of furan rings is 1. The van der Waals surface area contributed by atoms with Gasteiger partial charge in [-0.1, -0.05) is 42.1 Å². The standard InChI is InChI=1S/C23H19N3O3S2/c27-21(11-8-16-5-2-1-3-6-16)25-17-9-10-19-20(13-17)31-23(26-19)30-15-22(28)24-14-18-7-4-12-29-18/h1-13H,14-15H2,(H,24,28)(H,25,27)/b11-8+. The van der Waals surface area contributed by atoms with Crippen LogP contribution in [0.25, 0.3) is 16.3 Å². The number of fused-ring (bicyclic) bond motifs is 1. The summed E-state index contributed by atoms with van der Waals surface area (Å²) in [4.78, 5) is 28.7. The van der Waals surface area contributed by atoms with Crippen LogP contribution < -0.4 is 10.6 Å². The summed E-state index contributed by atoms with van der Waals surface area (Å²) in [5, 5.41) is 5.68. The average molecular weight is 450 g/mol. The van der Waals surface area contributed by atoms with Gasteiger partial charge in [-0.25, -0.2) is 4.98 Å². The van der Waals surface area contributed by atoms with E-state index in [4.69, 9.17) is 4.42 Å². The third kappa shape index (κ3) is 6.07. The van der Waals surface area contributed by atoms with Crippen LogP contribution in [0.15, 0.2) is 81.8 Å². The molecule has 6 nitrogen and oxygen atoms in total. The topological polar surface area (TPSA) is 84.2 Å². The van der Waals surface area contributed by atoms with Gasteiger partial charge in [-0.3, -0.25) is 9.59 Å². The molecule has 31 heavy (non-hydrogen) atoms. The van der Waals surface area contributed by atoms with Gasteiger partial charge in [0.15, 0.2) is 4.34 Å². The van der Waals surface area contributed by atoms with Crippen LogP contribution in [-0.2, 0) is 16.1 Å². The average Bonchev–Trinajstić information content (AvgIpc) is 3.45. The molecule has 4 aromatic rings. The van der Waals surface area contributed by atoms with Crippen LogP contribution in [0.3, 0.4) is 0 Å². The number of thioether (sulfide) groups is 1. The van der Waals surface area contributed by atoms with Gasteiger partial charge in [0.1, 0.15) is 5.76 Å². The molecule has 0 aliphatic heterocycles. The fourth-order valence-electron chi connectivity index (χ4n) is 2.74. The van der Waals surface area contributed by atoms with Crippen molar-refractivity contribution in [2.45, 2.75) is 10.9 Å². The van der Waals surface area contributed by atoms with Crippen LogP contribution in [0.5, 0.6) is 0 Å². The number of anilines is 1. The van der Waals surface area contributed by atoms with Crippen molar-refractivity contribution in [2.75, 3.05) is 11.1 Å². The smallest absolute Gasteiger partial charge is 0.248 e. The zero-order valence-corrected chi connectivity index (χ0v) is 18.0. The molecule has 2 aromatic carbocycles. The van der Waals surface area contributed by atoms with Crippen LogP contribution in [0.2, 0.25) is 0 Å². The molecule has 0 radical (unpaired) electrons. The minimum Gasteiger partial charge on any atom is -0.467 e. The molecule has 4 rings (SSSR count). The van der Waals surface area contributed by atoms with Crippen LogP contribution in [0, 0.1) is 0 Å². The summed E-state index contributed by atoms with van der Waals surface area (Å²) in [5.41, 5.74) is 2.50. The van der Waals surface area contributed by atoms with Crippen molar-refractivity contribution in [1.82, 2.24) is 10.3 Å². The number of nitrogens with one attached hydrogen (secondary N) is 2. The molecule has 2 N–H and O–H groups in total. The van der Waals surface area contributed by atoms with E-state index >= 15 is 0 Å². The quantitative estimate of drug-likeness (QED) is 0.294. The van der Waals surface area contributed by atoms with Crippen LogP contribution in [0.4, 0.5) is 5.69 Å². The first-order valence-electron chi connectivity index (χ1n) is 9.52. The van der Waals surface area contributed by atoms with Gasteiger partial charge in [-0.05, 0) is 42.0 Å². The summed E-state index contributed by atoms with van der Waals surface area (Å²) in [6.07, 6.45) is 4.86. The lowest BCUT2D eigenvalue weighted by molar-refractivity contribution is -0.118. The van der Waals surface area contributed by atoms with Crippen LogP contribution >= 0.6 is 23.1 Å². The Hall–Kier alpha value is -3.36. The highest BCUT2D eigenvalue weighted by molar-refractivity contribution is 8.01. The molecule has 0 fully saturated rings. The predicted octanol–water partition coefficient (Wildman–Crippen LogP) is 4.95. The van der Waals surface area contributed by atoms with Gasteiger partial charge in [0, 0.05) is 11.8 Å². The van der Waals surface area contributed by atoms with E-state index in [0.29, 0.717) is 18.0 Å². The van der Waals surface area contributed by atoms with Gasteiger partial charge in [0.05, 0.1) is 28.8 Å². The number of rotatable bonds is 8. The first-order valence-corrected chi connectivity index (χ1v) is 11.3. The molecule has 2 aromatic heterocycles. The predicted molar refractivity (Wildman–Crippen MR) is 125 cm³/mol. The van der Waals surface area contributed by atoms with Crippen LogP contribution in [-0.4, -0.2) is 22.6 Å². The Balaban J connectivity index is 1.31. The molecular formula is C23H19N3O3S2. The number of carbonyl (C=O) groups excluding carboxylic acids is 2. The van der Waals surface area contributed by atoms with Gasteiger partial charge < -0.3 is 15.1 Å². The third-order valence-corrected chi connectivity index (χ3v) is 6.39. The van der Waals surface area contributed by atoms with Gasteiger partial charge in [-0.15, -0.1) is 11.3 Å². The molecule has 2 heterocycles. The number of thiazole rings is 1. The van der Waals surface area contributed by atoms with Crippen molar-refractivity contribution in [3.8, 4) is 0 Å². The first-order chi connectivity index (χ1) is 15.2. The van der Waals surface area contributed by atoms with Gasteiger partial charge in [0.25, 0.3) is 0 Å². The van der Waals surface area contributed by atoms with Gasteiger partial charge in [-0.2, -0.15) is 0 Å². The fourth-order valence-corrected chi connectivity index (χ4v) is 4.68. The van der Waals surface area contributed by atoms with E-state index in [-0.39, 0.29) is 17.6 Å². The number of aromatic nitrogens is 1. The van der Waals surface area contributed by atoms with Crippen molar-refractivity contribution in [1.29, 1.82) is 0 Å². The van der Waals surface area contributed by atoms with Crippen molar-refractivity contribution >= 4 is 56.9 Å². The Morgan fingerprint density at radius 2 is 1.97 bits per heavy atom. The highest BCUT2D eigenvalue weighted by Crippen LogP contribution is 2.31. The molecule has 0 saturated heterocycles. The van der Waals surface area contributed by atoms with E-state index in [1.807, 2.05) is 54.6 Å². The van der Waals surface area contributed by atoms with Crippen molar-refractivity contribution in [2.24, 2.45) is 0 Å². The minimum absolute atomic E-state index is 0.0844. The molecule has 0 aliphatic carbocycles. The zero-order chi connectivity index (χ0) is 21.5. The Bertz CT molecular complexity index is 1200. The zero-order valence-electron chi connectivity index (χ0n) is 16.4. The normalized spacial score (nSPS) is 11.1. The number of carbonyl (C=O) groups is 2. The Morgan fingerprint density at radius 1 is 1.10 bits per heavy atom. The van der Waals surface area contributed by atoms with Gasteiger partial charge >= 0.3 is 0 Å². The first kappa shape index (κ1) is 20.9. The van der Waals surface area contributed by atoms with Crippen molar-refractivity contribution < 1.29 is 14.0 Å². The molecule has 0 spiro atoms. The number of amides is 2. The fraction of sp³-hybridized carbons (Fsp3) is 0.0870. The lowest BCUT2D eigenvalue weighted by Crippen LogP contribution is -2.24. The number of hydrogen-bond donors (Lipinski definition) is 2. The second kappa shape index (κ2) is 10.1. The second-order valence-corrected chi connectivity index (χ2v) is 8.79. The summed E-state index contributed by atoms with van der Waals surface area (Å²) in [5.74, 6) is 0.704. The minimum atomic E-state index is -0.199.